The van der Waals surface area contributed by atoms with Gasteiger partial charge in [0.25, 0.3) is 0 Å². The first kappa shape index (κ1) is 21.2. The highest BCUT2D eigenvalue weighted by Gasteiger charge is 2.28. The minimum atomic E-state index is 0. The third-order valence-corrected chi connectivity index (χ3v) is 5.00. The van der Waals surface area contributed by atoms with Gasteiger partial charge in [-0.05, 0) is 19.3 Å². The number of nitrogens with zero attached hydrogens (tertiary/aromatic N) is 1. The zero-order chi connectivity index (χ0) is 14.5. The fourth-order valence-corrected chi connectivity index (χ4v) is 3.50. The van der Waals surface area contributed by atoms with Crippen molar-refractivity contribution in [3.63, 3.8) is 0 Å². The molecule has 0 radical (unpaired) electrons. The van der Waals surface area contributed by atoms with Crippen molar-refractivity contribution in [1.29, 1.82) is 0 Å². The molecule has 1 rings (SSSR count). The maximum absolute atomic E-state index is 3.53. The van der Waals surface area contributed by atoms with Gasteiger partial charge in [0.05, 0.1) is 26.2 Å². The largest absolute Gasteiger partial charge is 1.00 e. The summed E-state index contributed by atoms with van der Waals surface area (Å²) in [5.41, 5.74) is 0. The molecule has 0 saturated carbocycles. The molecule has 1 aliphatic rings. The molecular formula is C18H39ClN2. The molecule has 2 nitrogen and oxygen atoms in total. The van der Waals surface area contributed by atoms with E-state index >= 15 is 0 Å². The molecular weight excluding hydrogens is 280 g/mol. The fraction of sp³-hybridized carbons (Fsp3) is 1.00. The Hall–Kier alpha value is 0.210. The zero-order valence-corrected chi connectivity index (χ0v) is 15.4. The van der Waals surface area contributed by atoms with Gasteiger partial charge in [0.2, 0.25) is 0 Å². The van der Waals surface area contributed by atoms with Crippen LogP contribution in [0.2, 0.25) is 0 Å². The lowest BCUT2D eigenvalue weighted by atomic mass is 10.1. The highest BCUT2D eigenvalue weighted by atomic mass is 35.5. The van der Waals surface area contributed by atoms with Crippen LogP contribution in [0.15, 0.2) is 0 Å². The van der Waals surface area contributed by atoms with Gasteiger partial charge in [-0.25, -0.2) is 0 Å². The molecule has 0 bridgehead atoms. The molecule has 0 atom stereocenters. The third kappa shape index (κ3) is 9.76. The van der Waals surface area contributed by atoms with Gasteiger partial charge in [-0.3, -0.25) is 0 Å². The Morgan fingerprint density at radius 1 is 0.667 bits per heavy atom. The van der Waals surface area contributed by atoms with Gasteiger partial charge in [0, 0.05) is 13.1 Å². The number of piperazine rings is 1. The van der Waals surface area contributed by atoms with Crippen LogP contribution in [0.4, 0.5) is 0 Å². The van der Waals surface area contributed by atoms with Crippen LogP contribution in [0.25, 0.3) is 0 Å². The second-order valence-electron chi connectivity index (χ2n) is 6.81. The molecule has 0 unspecified atom stereocenters. The molecule has 0 aromatic rings. The fourth-order valence-electron chi connectivity index (χ4n) is 3.50. The van der Waals surface area contributed by atoms with Gasteiger partial charge >= 0.3 is 0 Å². The number of hydrogen-bond acceptors (Lipinski definition) is 1. The van der Waals surface area contributed by atoms with Gasteiger partial charge in [-0.1, -0.05) is 58.8 Å². The first-order valence-electron chi connectivity index (χ1n) is 9.39. The van der Waals surface area contributed by atoms with Crippen molar-refractivity contribution >= 4 is 0 Å². The highest BCUT2D eigenvalue weighted by molar-refractivity contribution is 4.58. The normalized spacial score (nSPS) is 17.4. The summed E-state index contributed by atoms with van der Waals surface area (Å²) in [5.74, 6) is 0. The summed E-state index contributed by atoms with van der Waals surface area (Å²) in [5, 5.41) is 3.53. The molecule has 0 aliphatic carbocycles. The van der Waals surface area contributed by atoms with Gasteiger partial charge in [0.1, 0.15) is 0 Å². The lowest BCUT2D eigenvalue weighted by Gasteiger charge is -2.42. The van der Waals surface area contributed by atoms with Crippen LogP contribution in [0.5, 0.6) is 0 Å². The predicted octanol–water partition coefficient (Wildman–Crippen LogP) is 1.35. The quantitative estimate of drug-likeness (QED) is 0.423. The Balaban J connectivity index is 0.00000400. The van der Waals surface area contributed by atoms with E-state index in [4.69, 9.17) is 0 Å². The van der Waals surface area contributed by atoms with Crippen LogP contribution >= 0.6 is 0 Å². The number of halogens is 1. The first-order valence-corrected chi connectivity index (χ1v) is 9.39. The second kappa shape index (κ2) is 13.8. The number of hydrogen-bond donors (Lipinski definition) is 1. The van der Waals surface area contributed by atoms with E-state index in [0.717, 1.165) is 0 Å². The summed E-state index contributed by atoms with van der Waals surface area (Å²) >= 11 is 0. The Bertz CT molecular complexity index is 215. The van der Waals surface area contributed by atoms with E-state index in [1.54, 1.807) is 0 Å². The molecule has 128 valence electrons. The molecule has 0 spiro atoms. The van der Waals surface area contributed by atoms with E-state index in [2.05, 4.69) is 19.2 Å². The minimum Gasteiger partial charge on any atom is -1.00 e. The predicted molar refractivity (Wildman–Crippen MR) is 90.1 cm³/mol. The van der Waals surface area contributed by atoms with E-state index in [0.29, 0.717) is 0 Å². The zero-order valence-electron chi connectivity index (χ0n) is 14.6. The number of unbranched alkanes of at least 4 members (excludes halogenated alkanes) is 8. The SMILES string of the molecule is CCCCCCCCCC[N+]1(CCCC)CCNCC1.[Cl-]. The lowest BCUT2D eigenvalue weighted by Crippen LogP contribution is -3.00. The van der Waals surface area contributed by atoms with Crippen LogP contribution < -0.4 is 17.7 Å². The van der Waals surface area contributed by atoms with Gasteiger partial charge < -0.3 is 22.2 Å². The van der Waals surface area contributed by atoms with Crippen molar-refractivity contribution < 1.29 is 16.9 Å². The summed E-state index contributed by atoms with van der Waals surface area (Å²) in [7, 11) is 0. The smallest absolute Gasteiger partial charge is 0.0913 e. The second-order valence-corrected chi connectivity index (χ2v) is 6.81. The maximum atomic E-state index is 3.53. The molecule has 1 heterocycles. The average molecular weight is 319 g/mol. The molecule has 0 aromatic heterocycles. The van der Waals surface area contributed by atoms with Crippen molar-refractivity contribution in [2.45, 2.75) is 78.1 Å². The van der Waals surface area contributed by atoms with E-state index in [9.17, 15) is 0 Å². The topological polar surface area (TPSA) is 12.0 Å². The molecule has 1 aliphatic heterocycles. The van der Waals surface area contributed by atoms with Crippen LogP contribution in [0, 0.1) is 0 Å². The van der Waals surface area contributed by atoms with Gasteiger partial charge in [0.15, 0.2) is 0 Å². The van der Waals surface area contributed by atoms with Crippen LogP contribution in [-0.4, -0.2) is 43.8 Å². The highest BCUT2D eigenvalue weighted by Crippen LogP contribution is 2.15. The molecule has 0 aromatic carbocycles. The minimum absolute atomic E-state index is 0. The standard InChI is InChI=1S/C18H39N2.ClH/c1-3-5-7-8-9-10-11-12-16-20(15-6-4-2)17-13-19-14-18-20;/h19H,3-18H2,1-2H3;1H/q+1;/p-1. The van der Waals surface area contributed by atoms with Gasteiger partial charge in [-0.2, -0.15) is 0 Å². The van der Waals surface area contributed by atoms with E-state index in [1.165, 1.54) is 108 Å². The Morgan fingerprint density at radius 2 is 1.14 bits per heavy atom. The van der Waals surface area contributed by atoms with E-state index in [1.807, 2.05) is 0 Å². The van der Waals surface area contributed by atoms with Crippen LogP contribution in [0.3, 0.4) is 0 Å². The summed E-state index contributed by atoms with van der Waals surface area (Å²) in [6, 6.07) is 0. The number of nitrogens with one attached hydrogen (secondary N) is 1. The lowest BCUT2D eigenvalue weighted by molar-refractivity contribution is -0.930. The average Bonchev–Trinajstić information content (AvgIpc) is 2.49. The van der Waals surface area contributed by atoms with Crippen LogP contribution in [-0.2, 0) is 0 Å². The summed E-state index contributed by atoms with van der Waals surface area (Å²) in [6.45, 7) is 12.7. The Labute approximate surface area is 140 Å². The number of rotatable bonds is 12. The Morgan fingerprint density at radius 3 is 1.71 bits per heavy atom. The molecule has 1 fully saturated rings. The molecule has 1 saturated heterocycles. The number of quaternary nitrogens is 1. The van der Waals surface area contributed by atoms with Crippen molar-refractivity contribution in [1.82, 2.24) is 5.32 Å². The molecule has 0 amide bonds. The monoisotopic (exact) mass is 318 g/mol. The third-order valence-electron chi connectivity index (χ3n) is 5.00. The Kier molecular flexibility index (Phi) is 14.0. The van der Waals surface area contributed by atoms with Crippen molar-refractivity contribution in [3.8, 4) is 0 Å². The van der Waals surface area contributed by atoms with E-state index in [-0.39, 0.29) is 12.4 Å². The molecule has 21 heavy (non-hydrogen) atoms. The molecule has 1 N–H and O–H groups in total. The van der Waals surface area contributed by atoms with Crippen LogP contribution in [0.1, 0.15) is 78.1 Å². The van der Waals surface area contributed by atoms with Crippen molar-refractivity contribution in [3.05, 3.63) is 0 Å². The summed E-state index contributed by atoms with van der Waals surface area (Å²) in [4.78, 5) is 0. The maximum Gasteiger partial charge on any atom is 0.0913 e. The first-order chi connectivity index (χ1) is 9.83. The van der Waals surface area contributed by atoms with Crippen molar-refractivity contribution in [2.75, 3.05) is 39.3 Å². The molecule has 3 heteroatoms. The van der Waals surface area contributed by atoms with E-state index < -0.39 is 0 Å². The summed E-state index contributed by atoms with van der Waals surface area (Å²) in [6.07, 6.45) is 14.3. The summed E-state index contributed by atoms with van der Waals surface area (Å²) < 4.78 is 1.41. The van der Waals surface area contributed by atoms with Crippen molar-refractivity contribution in [2.24, 2.45) is 0 Å². The van der Waals surface area contributed by atoms with Gasteiger partial charge in [-0.15, -0.1) is 0 Å².